The molecule has 28 heavy (non-hydrogen) atoms. The van der Waals surface area contributed by atoms with Crippen molar-refractivity contribution in [2.24, 2.45) is 10.8 Å². The summed E-state index contributed by atoms with van der Waals surface area (Å²) in [6, 6.07) is 6.94. The molecule has 6 nitrogen and oxygen atoms in total. The highest BCUT2D eigenvalue weighted by Crippen LogP contribution is 2.65. The molecule has 1 N–H and O–H groups in total. The quantitative estimate of drug-likeness (QED) is 0.594. The van der Waals surface area contributed by atoms with Crippen LogP contribution in [0.3, 0.4) is 0 Å². The standard InChI is InChI=1S/C20H20Cl2N4O2/c1-18(2)17(28-14-6-5-12(8-23)15(21)7-14)19(3,4)20(18,22)26-16(27)13-9-24-11-25-10-13/h5-7,9-11,17H,1-4H3,(H,26,27). The van der Waals surface area contributed by atoms with Crippen LogP contribution in [0.15, 0.2) is 36.9 Å². The van der Waals surface area contributed by atoms with Gasteiger partial charge in [0.15, 0.2) is 0 Å². The summed E-state index contributed by atoms with van der Waals surface area (Å²) in [6.45, 7) is 7.73. The molecule has 146 valence electrons. The van der Waals surface area contributed by atoms with E-state index in [9.17, 15) is 4.79 Å². The summed E-state index contributed by atoms with van der Waals surface area (Å²) in [5.41, 5.74) is -0.504. The van der Waals surface area contributed by atoms with Crippen molar-refractivity contribution in [1.29, 1.82) is 5.26 Å². The number of halogens is 2. The van der Waals surface area contributed by atoms with Gasteiger partial charge in [0.1, 0.15) is 29.2 Å². The predicted octanol–water partition coefficient (Wildman–Crippen LogP) is 4.18. The Morgan fingerprint density at radius 3 is 2.36 bits per heavy atom. The van der Waals surface area contributed by atoms with Crippen molar-refractivity contribution in [3.05, 3.63) is 53.1 Å². The zero-order valence-corrected chi connectivity index (χ0v) is 17.5. The van der Waals surface area contributed by atoms with Gasteiger partial charge in [-0.05, 0) is 12.1 Å². The minimum Gasteiger partial charge on any atom is -0.489 e. The minimum atomic E-state index is -1.06. The van der Waals surface area contributed by atoms with Crippen LogP contribution in [0.1, 0.15) is 43.6 Å². The van der Waals surface area contributed by atoms with E-state index in [-0.39, 0.29) is 12.0 Å². The van der Waals surface area contributed by atoms with Crippen molar-refractivity contribution in [3.8, 4) is 11.8 Å². The Labute approximate surface area is 173 Å². The molecule has 3 rings (SSSR count). The maximum absolute atomic E-state index is 12.6. The number of aromatic nitrogens is 2. The van der Waals surface area contributed by atoms with Gasteiger partial charge in [-0.1, -0.05) is 50.9 Å². The summed E-state index contributed by atoms with van der Waals surface area (Å²) in [4.78, 5) is 19.3. The number of carbonyl (C=O) groups excluding carboxylic acids is 1. The maximum atomic E-state index is 12.6. The van der Waals surface area contributed by atoms with Crippen molar-refractivity contribution < 1.29 is 9.53 Å². The smallest absolute Gasteiger partial charge is 0.255 e. The monoisotopic (exact) mass is 418 g/mol. The Bertz CT molecular complexity index is 938. The maximum Gasteiger partial charge on any atom is 0.255 e. The van der Waals surface area contributed by atoms with E-state index >= 15 is 0 Å². The van der Waals surface area contributed by atoms with Crippen molar-refractivity contribution in [2.45, 2.75) is 38.8 Å². The Hall–Kier alpha value is -2.36. The van der Waals surface area contributed by atoms with Gasteiger partial charge in [-0.15, -0.1) is 0 Å². The summed E-state index contributed by atoms with van der Waals surface area (Å²) in [5.74, 6) is 0.188. The van der Waals surface area contributed by atoms with Crippen LogP contribution in [0.4, 0.5) is 0 Å². The zero-order chi connectivity index (χ0) is 20.7. The normalized spacial score (nSPS) is 24.5. The molecule has 8 heteroatoms. The number of nitrogens with one attached hydrogen (secondary N) is 1. The molecule has 1 fully saturated rings. The lowest BCUT2D eigenvalue weighted by molar-refractivity contribution is -0.186. The third-order valence-electron chi connectivity index (χ3n) is 5.51. The van der Waals surface area contributed by atoms with Crippen molar-refractivity contribution in [2.75, 3.05) is 0 Å². The zero-order valence-electron chi connectivity index (χ0n) is 16.0. The van der Waals surface area contributed by atoms with Crippen LogP contribution < -0.4 is 10.1 Å². The number of alkyl halides is 1. The Balaban J connectivity index is 1.84. The largest absolute Gasteiger partial charge is 0.489 e. The number of carbonyl (C=O) groups is 1. The first-order valence-electron chi connectivity index (χ1n) is 8.67. The highest BCUT2D eigenvalue weighted by Gasteiger charge is 2.74. The highest BCUT2D eigenvalue weighted by molar-refractivity contribution is 6.31. The van der Waals surface area contributed by atoms with Gasteiger partial charge in [0, 0.05) is 29.3 Å². The molecule has 0 unspecified atom stereocenters. The number of rotatable bonds is 4. The lowest BCUT2D eigenvalue weighted by Crippen LogP contribution is -2.81. The summed E-state index contributed by atoms with van der Waals surface area (Å²) in [6.07, 6.45) is 3.92. The Kier molecular flexibility index (Phi) is 5.03. The molecule has 1 saturated carbocycles. The molecule has 1 aromatic carbocycles. The molecule has 1 amide bonds. The molecule has 2 aromatic rings. The second-order valence-corrected chi connectivity index (χ2v) is 8.91. The van der Waals surface area contributed by atoms with E-state index in [2.05, 4.69) is 15.3 Å². The molecule has 0 saturated heterocycles. The van der Waals surface area contributed by atoms with E-state index in [4.69, 9.17) is 33.2 Å². The molecule has 1 aliphatic rings. The van der Waals surface area contributed by atoms with Crippen LogP contribution in [0.25, 0.3) is 0 Å². The van der Waals surface area contributed by atoms with Gasteiger partial charge < -0.3 is 10.1 Å². The fraction of sp³-hybridized carbons (Fsp3) is 0.400. The molecule has 0 spiro atoms. The van der Waals surface area contributed by atoms with Crippen LogP contribution in [0, 0.1) is 22.2 Å². The number of amides is 1. The molecule has 0 radical (unpaired) electrons. The molecule has 0 aliphatic heterocycles. The number of ether oxygens (including phenoxy) is 1. The van der Waals surface area contributed by atoms with E-state index in [0.717, 1.165) is 0 Å². The Morgan fingerprint density at radius 1 is 1.21 bits per heavy atom. The van der Waals surface area contributed by atoms with Gasteiger partial charge in [0.05, 0.1) is 16.1 Å². The first-order chi connectivity index (χ1) is 13.0. The van der Waals surface area contributed by atoms with Crippen molar-refractivity contribution in [3.63, 3.8) is 0 Å². The lowest BCUT2D eigenvalue weighted by Gasteiger charge is -2.68. The topological polar surface area (TPSA) is 87.9 Å². The van der Waals surface area contributed by atoms with Gasteiger partial charge in [0.25, 0.3) is 5.91 Å². The fourth-order valence-corrected chi connectivity index (χ4v) is 4.57. The van der Waals surface area contributed by atoms with Crippen LogP contribution in [0.2, 0.25) is 5.02 Å². The van der Waals surface area contributed by atoms with Crippen LogP contribution in [0.5, 0.6) is 5.75 Å². The number of hydrogen-bond donors (Lipinski definition) is 1. The molecule has 0 bridgehead atoms. The van der Waals surface area contributed by atoms with Crippen molar-refractivity contribution in [1.82, 2.24) is 15.3 Å². The van der Waals surface area contributed by atoms with E-state index in [0.29, 0.717) is 21.9 Å². The van der Waals surface area contributed by atoms with E-state index in [1.807, 2.05) is 33.8 Å². The van der Waals surface area contributed by atoms with Gasteiger partial charge in [-0.25, -0.2) is 9.97 Å². The third-order valence-corrected chi connectivity index (χ3v) is 6.89. The third kappa shape index (κ3) is 2.99. The molecular weight excluding hydrogens is 399 g/mol. The summed E-state index contributed by atoms with van der Waals surface area (Å²) in [7, 11) is 0. The highest BCUT2D eigenvalue weighted by atomic mass is 35.5. The summed E-state index contributed by atoms with van der Waals surface area (Å²) in [5, 5.41) is 12.3. The molecular formula is C20H20Cl2N4O2. The van der Waals surface area contributed by atoms with Crippen LogP contribution in [-0.2, 0) is 0 Å². The van der Waals surface area contributed by atoms with E-state index in [1.54, 1.807) is 18.2 Å². The average molecular weight is 419 g/mol. The van der Waals surface area contributed by atoms with E-state index in [1.165, 1.54) is 18.7 Å². The predicted molar refractivity (Wildman–Crippen MR) is 106 cm³/mol. The summed E-state index contributed by atoms with van der Waals surface area (Å²) < 4.78 is 6.19. The molecule has 1 heterocycles. The SMILES string of the molecule is CC1(C)C(Oc2ccc(C#N)c(Cl)c2)C(C)(C)C1(Cl)NC(=O)c1cncnc1. The molecule has 1 aliphatic carbocycles. The molecule has 1 aromatic heterocycles. The Morgan fingerprint density at radius 2 is 1.82 bits per heavy atom. The second-order valence-electron chi connectivity index (χ2n) is 7.93. The fourth-order valence-electron chi connectivity index (χ4n) is 4.07. The van der Waals surface area contributed by atoms with Gasteiger partial charge >= 0.3 is 0 Å². The van der Waals surface area contributed by atoms with Gasteiger partial charge in [-0.2, -0.15) is 5.26 Å². The number of benzene rings is 1. The average Bonchev–Trinajstić information content (AvgIpc) is 2.66. The van der Waals surface area contributed by atoms with Gasteiger partial charge in [0.2, 0.25) is 0 Å². The summed E-state index contributed by atoms with van der Waals surface area (Å²) >= 11 is 13.1. The minimum absolute atomic E-state index is 0.311. The second kappa shape index (κ2) is 6.91. The van der Waals surface area contributed by atoms with Crippen LogP contribution in [-0.4, -0.2) is 27.0 Å². The first kappa shape index (κ1) is 20.4. The number of nitrogens with zero attached hydrogens (tertiary/aromatic N) is 3. The lowest BCUT2D eigenvalue weighted by atomic mass is 9.48. The van der Waals surface area contributed by atoms with Crippen LogP contribution >= 0.6 is 23.2 Å². The van der Waals surface area contributed by atoms with E-state index < -0.39 is 15.8 Å². The van der Waals surface area contributed by atoms with Crippen molar-refractivity contribution >= 4 is 29.1 Å². The first-order valence-corrected chi connectivity index (χ1v) is 9.43. The number of hydrogen-bond acceptors (Lipinski definition) is 5. The molecule has 0 atom stereocenters. The van der Waals surface area contributed by atoms with Gasteiger partial charge in [-0.3, -0.25) is 4.79 Å². The number of nitriles is 1.